The van der Waals surface area contributed by atoms with Gasteiger partial charge in [0.1, 0.15) is 18.0 Å². The molecule has 0 fully saturated rings. The normalized spacial score (nSPS) is 12.4. The topological polar surface area (TPSA) is 65.3 Å². The van der Waals surface area contributed by atoms with Crippen LogP contribution in [0.1, 0.15) is 39.2 Å². The highest BCUT2D eigenvalue weighted by Crippen LogP contribution is 2.26. The number of hydrogen-bond donors (Lipinski definition) is 1. The predicted molar refractivity (Wildman–Crippen MR) is 133 cm³/mol. The number of aromatic nitrogens is 2. The lowest BCUT2D eigenvalue weighted by atomic mass is 10.1. The molecule has 1 aliphatic rings. The maximum absolute atomic E-state index is 13.0. The molecule has 0 radical (unpaired) electrons. The third-order valence-electron chi connectivity index (χ3n) is 6.48. The molecular formula is C28H27N3O3. The van der Waals surface area contributed by atoms with Gasteiger partial charge < -0.3 is 10.1 Å². The molecule has 0 unspecified atom stereocenters. The number of amides is 1. The van der Waals surface area contributed by atoms with Gasteiger partial charge in [-0.05, 0) is 79.3 Å². The Hall–Kier alpha value is -4.06. The van der Waals surface area contributed by atoms with Crippen LogP contribution in [0.4, 0.5) is 5.69 Å². The van der Waals surface area contributed by atoms with Crippen LogP contribution in [0.25, 0.3) is 5.69 Å². The number of carbonyl (C=O) groups excluding carboxylic acids is 1. The molecule has 172 valence electrons. The summed E-state index contributed by atoms with van der Waals surface area (Å²) >= 11 is 0. The Kier molecular flexibility index (Phi) is 5.80. The zero-order chi connectivity index (χ0) is 23.7. The summed E-state index contributed by atoms with van der Waals surface area (Å²) in [7, 11) is 1.80. The molecule has 6 nitrogen and oxygen atoms in total. The van der Waals surface area contributed by atoms with Gasteiger partial charge in [0.2, 0.25) is 0 Å². The maximum atomic E-state index is 13.0. The van der Waals surface area contributed by atoms with Crippen LogP contribution >= 0.6 is 0 Å². The standard InChI is InChI=1S/C28H27N3O3/c1-19-26(28(33)31(30(19)2)24-9-4-3-5-10-24)29-27(32)22-13-11-20(12-14-22)18-34-25-16-15-21-7-6-8-23(21)17-25/h3-5,9-17H,6-8,18H2,1-2H3,(H,29,32). The number of hydrogen-bond acceptors (Lipinski definition) is 3. The molecule has 0 bridgehead atoms. The third kappa shape index (κ3) is 4.15. The Balaban J connectivity index is 1.27. The number of nitrogens with zero attached hydrogens (tertiary/aromatic N) is 2. The van der Waals surface area contributed by atoms with Crippen molar-refractivity contribution in [3.05, 3.63) is 111 Å². The number of nitrogens with one attached hydrogen (secondary N) is 1. The summed E-state index contributed by atoms with van der Waals surface area (Å²) in [5, 5.41) is 2.80. The van der Waals surface area contributed by atoms with Crippen molar-refractivity contribution in [2.24, 2.45) is 7.05 Å². The highest BCUT2D eigenvalue weighted by atomic mass is 16.5. The first-order valence-corrected chi connectivity index (χ1v) is 11.5. The summed E-state index contributed by atoms with van der Waals surface area (Å²) in [6.45, 7) is 2.25. The third-order valence-corrected chi connectivity index (χ3v) is 6.48. The van der Waals surface area contributed by atoms with Gasteiger partial charge in [0.15, 0.2) is 0 Å². The molecule has 0 spiro atoms. The minimum Gasteiger partial charge on any atom is -0.489 e. The fraction of sp³-hybridized carbons (Fsp3) is 0.214. The first-order valence-electron chi connectivity index (χ1n) is 11.5. The number of fused-ring (bicyclic) bond motifs is 1. The van der Waals surface area contributed by atoms with E-state index >= 15 is 0 Å². The van der Waals surface area contributed by atoms with Crippen LogP contribution in [-0.2, 0) is 26.5 Å². The quantitative estimate of drug-likeness (QED) is 0.456. The van der Waals surface area contributed by atoms with E-state index in [-0.39, 0.29) is 17.2 Å². The van der Waals surface area contributed by atoms with Gasteiger partial charge in [-0.15, -0.1) is 0 Å². The molecular weight excluding hydrogens is 426 g/mol. The monoisotopic (exact) mass is 453 g/mol. The lowest BCUT2D eigenvalue weighted by Gasteiger charge is -2.09. The molecule has 1 aliphatic carbocycles. The highest BCUT2D eigenvalue weighted by molar-refractivity contribution is 6.04. The van der Waals surface area contributed by atoms with Crippen LogP contribution < -0.4 is 15.6 Å². The summed E-state index contributed by atoms with van der Waals surface area (Å²) < 4.78 is 9.24. The second-order valence-electron chi connectivity index (χ2n) is 8.66. The van der Waals surface area contributed by atoms with E-state index in [4.69, 9.17) is 4.74 Å². The van der Waals surface area contributed by atoms with Gasteiger partial charge in [0.05, 0.1) is 11.4 Å². The zero-order valence-corrected chi connectivity index (χ0v) is 19.4. The smallest absolute Gasteiger partial charge is 0.295 e. The van der Waals surface area contributed by atoms with Gasteiger partial charge in [-0.3, -0.25) is 14.3 Å². The van der Waals surface area contributed by atoms with E-state index in [0.29, 0.717) is 17.9 Å². The Morgan fingerprint density at radius 1 is 0.971 bits per heavy atom. The van der Waals surface area contributed by atoms with E-state index in [2.05, 4.69) is 17.4 Å². The molecule has 0 saturated carbocycles. The minimum absolute atomic E-state index is 0.265. The van der Waals surface area contributed by atoms with Crippen LogP contribution in [0.15, 0.2) is 77.6 Å². The van der Waals surface area contributed by atoms with Crippen molar-refractivity contribution in [2.45, 2.75) is 32.8 Å². The minimum atomic E-state index is -0.322. The first kappa shape index (κ1) is 21.8. The SMILES string of the molecule is Cc1c(NC(=O)c2ccc(COc3ccc4c(c3)CCC4)cc2)c(=O)n(-c2ccccc2)n1C. The van der Waals surface area contributed by atoms with E-state index in [9.17, 15) is 9.59 Å². The molecule has 5 rings (SSSR count). The number of benzene rings is 3. The van der Waals surface area contributed by atoms with Crippen LogP contribution in [0.3, 0.4) is 0 Å². The maximum Gasteiger partial charge on any atom is 0.295 e. The Morgan fingerprint density at radius 2 is 1.71 bits per heavy atom. The molecule has 1 aromatic heterocycles. The molecule has 1 N–H and O–H groups in total. The molecule has 3 aromatic carbocycles. The van der Waals surface area contributed by atoms with Gasteiger partial charge >= 0.3 is 0 Å². The van der Waals surface area contributed by atoms with Crippen LogP contribution in [0.2, 0.25) is 0 Å². The molecule has 0 aliphatic heterocycles. The van der Waals surface area contributed by atoms with E-state index in [0.717, 1.165) is 29.8 Å². The summed E-state index contributed by atoms with van der Waals surface area (Å²) in [6.07, 6.45) is 3.49. The summed E-state index contributed by atoms with van der Waals surface area (Å²) in [5.41, 5.74) is 5.70. The van der Waals surface area contributed by atoms with E-state index < -0.39 is 0 Å². The fourth-order valence-electron chi connectivity index (χ4n) is 4.45. The molecule has 4 aromatic rings. The number of rotatable bonds is 6. The summed E-state index contributed by atoms with van der Waals surface area (Å²) in [6, 6.07) is 22.9. The largest absolute Gasteiger partial charge is 0.489 e. The molecule has 0 saturated heterocycles. The lowest BCUT2D eigenvalue weighted by molar-refractivity contribution is 0.102. The average Bonchev–Trinajstić information content (AvgIpc) is 3.41. The fourth-order valence-corrected chi connectivity index (χ4v) is 4.45. The lowest BCUT2D eigenvalue weighted by Crippen LogP contribution is -2.23. The van der Waals surface area contributed by atoms with Crippen molar-refractivity contribution in [1.29, 1.82) is 0 Å². The number of anilines is 1. The van der Waals surface area contributed by atoms with Crippen molar-refractivity contribution >= 4 is 11.6 Å². The number of para-hydroxylation sites is 1. The zero-order valence-electron chi connectivity index (χ0n) is 19.4. The van der Waals surface area contributed by atoms with E-state index in [1.807, 2.05) is 55.5 Å². The average molecular weight is 454 g/mol. The molecule has 34 heavy (non-hydrogen) atoms. The summed E-state index contributed by atoms with van der Waals surface area (Å²) in [4.78, 5) is 25.9. The predicted octanol–water partition coefficient (Wildman–Crippen LogP) is 4.80. The second kappa shape index (κ2) is 9.06. The van der Waals surface area contributed by atoms with Gasteiger partial charge in [-0.1, -0.05) is 36.4 Å². The van der Waals surface area contributed by atoms with Crippen molar-refractivity contribution in [1.82, 2.24) is 9.36 Å². The number of carbonyl (C=O) groups is 1. The second-order valence-corrected chi connectivity index (χ2v) is 8.66. The van der Waals surface area contributed by atoms with Gasteiger partial charge in [0.25, 0.3) is 11.5 Å². The molecule has 6 heteroatoms. The Bertz CT molecular complexity index is 1400. The van der Waals surface area contributed by atoms with Crippen molar-refractivity contribution in [3.8, 4) is 11.4 Å². The van der Waals surface area contributed by atoms with Crippen molar-refractivity contribution < 1.29 is 9.53 Å². The Morgan fingerprint density at radius 3 is 2.47 bits per heavy atom. The van der Waals surface area contributed by atoms with Crippen LogP contribution in [-0.4, -0.2) is 15.3 Å². The number of ether oxygens (including phenoxy) is 1. The summed E-state index contributed by atoms with van der Waals surface area (Å²) in [5.74, 6) is 0.550. The first-order chi connectivity index (χ1) is 16.5. The van der Waals surface area contributed by atoms with Gasteiger partial charge in [-0.25, -0.2) is 4.68 Å². The van der Waals surface area contributed by atoms with E-state index in [1.54, 1.807) is 28.5 Å². The van der Waals surface area contributed by atoms with Gasteiger partial charge in [0, 0.05) is 12.6 Å². The molecule has 1 amide bonds. The molecule has 0 atom stereocenters. The Labute approximate surface area is 198 Å². The van der Waals surface area contributed by atoms with Gasteiger partial charge in [-0.2, -0.15) is 0 Å². The van der Waals surface area contributed by atoms with Crippen LogP contribution in [0.5, 0.6) is 5.75 Å². The molecule has 1 heterocycles. The number of aryl methyl sites for hydroxylation is 2. The van der Waals surface area contributed by atoms with Crippen LogP contribution in [0, 0.1) is 6.92 Å². The van der Waals surface area contributed by atoms with E-state index in [1.165, 1.54) is 17.5 Å². The van der Waals surface area contributed by atoms with Crippen molar-refractivity contribution in [3.63, 3.8) is 0 Å². The van der Waals surface area contributed by atoms with Crippen molar-refractivity contribution in [2.75, 3.05) is 5.32 Å². The highest BCUT2D eigenvalue weighted by Gasteiger charge is 2.19.